The molecule has 32 heavy (non-hydrogen) atoms. The largest absolute Gasteiger partial charge is 0.386 e. The van der Waals surface area contributed by atoms with Gasteiger partial charge in [0.2, 0.25) is 0 Å². The monoisotopic (exact) mass is 449 g/mol. The molecule has 0 spiro atoms. The van der Waals surface area contributed by atoms with E-state index in [2.05, 4.69) is 10.6 Å². The Labute approximate surface area is 186 Å². The first-order valence-corrected chi connectivity index (χ1v) is 10.6. The van der Waals surface area contributed by atoms with Gasteiger partial charge in [-0.25, -0.2) is 13.2 Å². The number of anilines is 2. The Balaban J connectivity index is 1.83. The van der Waals surface area contributed by atoms with Crippen LogP contribution in [0.4, 0.5) is 24.5 Å². The van der Waals surface area contributed by atoms with Crippen LogP contribution in [0.25, 0.3) is 0 Å². The van der Waals surface area contributed by atoms with Crippen LogP contribution in [0.15, 0.2) is 30.3 Å². The number of aryl methyl sites for hydroxylation is 1. The molecular formula is C24H30F3N3O2. The van der Waals surface area contributed by atoms with Gasteiger partial charge in [0, 0.05) is 18.0 Å². The summed E-state index contributed by atoms with van der Waals surface area (Å²) in [5, 5.41) is 16.9. The van der Waals surface area contributed by atoms with Crippen LogP contribution in [0.1, 0.15) is 43.6 Å². The second-order valence-electron chi connectivity index (χ2n) is 9.50. The van der Waals surface area contributed by atoms with E-state index in [0.29, 0.717) is 12.1 Å². The molecule has 0 bridgehead atoms. The average molecular weight is 450 g/mol. The summed E-state index contributed by atoms with van der Waals surface area (Å²) in [6.45, 7) is 10.2. The Morgan fingerprint density at radius 1 is 1.16 bits per heavy atom. The second-order valence-corrected chi connectivity index (χ2v) is 9.50. The van der Waals surface area contributed by atoms with Gasteiger partial charge in [-0.05, 0) is 36.8 Å². The Morgan fingerprint density at radius 2 is 1.81 bits per heavy atom. The molecular weight excluding hydrogens is 419 g/mol. The van der Waals surface area contributed by atoms with Crippen molar-refractivity contribution in [1.82, 2.24) is 10.2 Å². The lowest BCUT2D eigenvalue weighted by Gasteiger charge is -2.55. The number of carbonyl (C=O) groups is 1. The van der Waals surface area contributed by atoms with E-state index < -0.39 is 40.1 Å². The molecule has 8 heteroatoms. The van der Waals surface area contributed by atoms with E-state index in [9.17, 15) is 23.1 Å². The molecule has 2 aromatic carbocycles. The zero-order chi connectivity index (χ0) is 23.8. The maximum Gasteiger partial charge on any atom is 0.256 e. The van der Waals surface area contributed by atoms with Crippen molar-refractivity contribution in [2.75, 3.05) is 25.0 Å². The Kier molecular flexibility index (Phi) is 6.58. The first-order chi connectivity index (χ1) is 14.8. The van der Waals surface area contributed by atoms with Gasteiger partial charge in [-0.15, -0.1) is 0 Å². The summed E-state index contributed by atoms with van der Waals surface area (Å²) in [6.07, 6.45) is 0. The van der Waals surface area contributed by atoms with Crippen LogP contribution in [0, 0.1) is 29.8 Å². The Morgan fingerprint density at radius 3 is 2.41 bits per heavy atom. The Bertz CT molecular complexity index is 1020. The van der Waals surface area contributed by atoms with Crippen molar-refractivity contribution in [3.05, 3.63) is 58.9 Å². The number of hydrogen-bond donors (Lipinski definition) is 3. The molecule has 174 valence electrons. The van der Waals surface area contributed by atoms with Crippen molar-refractivity contribution >= 4 is 17.3 Å². The third-order valence-corrected chi connectivity index (χ3v) is 6.11. The highest BCUT2D eigenvalue weighted by molar-refractivity contribution is 6.01. The maximum atomic E-state index is 14.6. The molecule has 0 radical (unpaired) electrons. The smallest absolute Gasteiger partial charge is 0.256 e. The molecule has 2 aromatic rings. The minimum Gasteiger partial charge on any atom is -0.386 e. The first-order valence-electron chi connectivity index (χ1n) is 10.6. The number of nitrogens with one attached hydrogen (secondary N) is 2. The van der Waals surface area contributed by atoms with Gasteiger partial charge in [0.1, 0.15) is 11.4 Å². The number of carbonyl (C=O) groups excluding carboxylic acids is 1. The lowest BCUT2D eigenvalue weighted by atomic mass is 9.69. The SMILES string of the molecule is Cc1ccc(Nc2c(C(=O)N3CC(O)(C(C)(C)CNC(C)C)C3)ccc(F)c2F)c(F)c1. The van der Waals surface area contributed by atoms with Gasteiger partial charge in [-0.1, -0.05) is 33.8 Å². The van der Waals surface area contributed by atoms with E-state index >= 15 is 0 Å². The van der Waals surface area contributed by atoms with Crippen LogP contribution in [0.3, 0.4) is 0 Å². The quantitative estimate of drug-likeness (QED) is 0.588. The van der Waals surface area contributed by atoms with Crippen LogP contribution in [0.5, 0.6) is 0 Å². The summed E-state index contributed by atoms with van der Waals surface area (Å²) in [4.78, 5) is 14.5. The summed E-state index contributed by atoms with van der Waals surface area (Å²) < 4.78 is 42.9. The second kappa shape index (κ2) is 8.75. The number of hydrogen-bond acceptors (Lipinski definition) is 4. The predicted octanol–water partition coefficient (Wildman–Crippen LogP) is 4.37. The molecule has 1 aliphatic rings. The van der Waals surface area contributed by atoms with Crippen LogP contribution in [-0.2, 0) is 0 Å². The average Bonchev–Trinajstić information content (AvgIpc) is 2.68. The van der Waals surface area contributed by atoms with Gasteiger partial charge in [0.25, 0.3) is 5.91 Å². The highest BCUT2D eigenvalue weighted by Crippen LogP contribution is 2.40. The standard InChI is InChI=1S/C24H30F3N3O2/c1-14(2)28-11-23(4,5)24(32)12-30(13-24)22(31)16-7-8-17(25)20(27)21(16)29-19-9-6-15(3)10-18(19)26/h6-10,14,28-29,32H,11-13H2,1-5H3. The molecule has 0 unspecified atom stereocenters. The highest BCUT2D eigenvalue weighted by atomic mass is 19.2. The lowest BCUT2D eigenvalue weighted by Crippen LogP contribution is -2.71. The van der Waals surface area contributed by atoms with Gasteiger partial charge in [0.15, 0.2) is 11.6 Å². The number of amides is 1. The summed E-state index contributed by atoms with van der Waals surface area (Å²) in [5.74, 6) is -3.65. The third kappa shape index (κ3) is 4.61. The molecule has 1 saturated heterocycles. The summed E-state index contributed by atoms with van der Waals surface area (Å²) in [7, 11) is 0. The van der Waals surface area contributed by atoms with Crippen LogP contribution >= 0.6 is 0 Å². The number of likely N-dealkylation sites (tertiary alicyclic amines) is 1. The molecule has 0 aromatic heterocycles. The van der Waals surface area contributed by atoms with Crippen molar-refractivity contribution in [3.8, 4) is 0 Å². The fraction of sp³-hybridized carbons (Fsp3) is 0.458. The topological polar surface area (TPSA) is 64.6 Å². The van der Waals surface area contributed by atoms with Gasteiger partial charge in [-0.2, -0.15) is 0 Å². The predicted molar refractivity (Wildman–Crippen MR) is 119 cm³/mol. The zero-order valence-electron chi connectivity index (χ0n) is 19.0. The van der Waals surface area contributed by atoms with Gasteiger partial charge in [0.05, 0.1) is 30.0 Å². The van der Waals surface area contributed by atoms with E-state index in [1.54, 1.807) is 13.0 Å². The summed E-state index contributed by atoms with van der Waals surface area (Å²) in [5.41, 5.74) is -1.62. The Hall–Kier alpha value is -2.58. The molecule has 1 heterocycles. The highest BCUT2D eigenvalue weighted by Gasteiger charge is 2.53. The molecule has 0 aliphatic carbocycles. The normalized spacial score (nSPS) is 15.6. The number of aliphatic hydroxyl groups is 1. The fourth-order valence-corrected chi connectivity index (χ4v) is 3.66. The minimum atomic E-state index is -1.27. The number of halogens is 3. The molecule has 1 fully saturated rings. The van der Waals surface area contributed by atoms with E-state index in [1.807, 2.05) is 27.7 Å². The molecule has 0 saturated carbocycles. The molecule has 0 atom stereocenters. The maximum absolute atomic E-state index is 14.6. The van der Waals surface area contributed by atoms with E-state index in [4.69, 9.17) is 0 Å². The van der Waals surface area contributed by atoms with Crippen molar-refractivity contribution in [1.29, 1.82) is 0 Å². The lowest BCUT2D eigenvalue weighted by molar-refractivity contribution is -0.152. The summed E-state index contributed by atoms with van der Waals surface area (Å²) in [6, 6.07) is 6.54. The van der Waals surface area contributed by atoms with Crippen LogP contribution in [0.2, 0.25) is 0 Å². The van der Waals surface area contributed by atoms with Crippen molar-refractivity contribution in [3.63, 3.8) is 0 Å². The number of β-amino-alcohol motifs (C(OH)–C–C–N with tert-alkyl or cyclic N) is 1. The van der Waals surface area contributed by atoms with E-state index in [0.717, 1.165) is 12.1 Å². The molecule has 1 aliphatic heterocycles. The molecule has 1 amide bonds. The van der Waals surface area contributed by atoms with Crippen molar-refractivity contribution < 1.29 is 23.1 Å². The molecule has 3 N–H and O–H groups in total. The van der Waals surface area contributed by atoms with Gasteiger partial charge in [-0.3, -0.25) is 4.79 Å². The van der Waals surface area contributed by atoms with Crippen molar-refractivity contribution in [2.45, 2.75) is 46.3 Å². The third-order valence-electron chi connectivity index (χ3n) is 6.11. The molecule has 5 nitrogen and oxygen atoms in total. The van der Waals surface area contributed by atoms with E-state index in [-0.39, 0.29) is 30.4 Å². The van der Waals surface area contributed by atoms with Gasteiger partial charge >= 0.3 is 0 Å². The number of nitrogens with zero attached hydrogens (tertiary/aromatic N) is 1. The number of rotatable bonds is 7. The first kappa shape index (κ1) is 24.1. The number of benzene rings is 2. The molecule has 3 rings (SSSR count). The fourth-order valence-electron chi connectivity index (χ4n) is 3.66. The van der Waals surface area contributed by atoms with Crippen molar-refractivity contribution in [2.24, 2.45) is 5.41 Å². The zero-order valence-corrected chi connectivity index (χ0v) is 19.0. The van der Waals surface area contributed by atoms with Gasteiger partial charge < -0.3 is 20.6 Å². The summed E-state index contributed by atoms with van der Waals surface area (Å²) >= 11 is 0. The minimum absolute atomic E-state index is 0.0515. The van der Waals surface area contributed by atoms with Crippen LogP contribution < -0.4 is 10.6 Å². The van der Waals surface area contributed by atoms with E-state index in [1.165, 1.54) is 17.0 Å². The van der Waals surface area contributed by atoms with Crippen LogP contribution in [-0.4, -0.2) is 47.2 Å².